The fraction of sp³-hybridized carbons (Fsp3) is 0. The van der Waals surface area contributed by atoms with Gasteiger partial charge in [0.1, 0.15) is 5.52 Å². The van der Waals surface area contributed by atoms with E-state index in [-0.39, 0.29) is 0 Å². The summed E-state index contributed by atoms with van der Waals surface area (Å²) in [7, 11) is 0. The summed E-state index contributed by atoms with van der Waals surface area (Å²) in [5, 5.41) is 6.64. The lowest BCUT2D eigenvalue weighted by Gasteiger charge is -2.11. The molecule has 0 radical (unpaired) electrons. The lowest BCUT2D eigenvalue weighted by atomic mass is 10.0. The molecule has 0 bridgehead atoms. The summed E-state index contributed by atoms with van der Waals surface area (Å²) >= 11 is 0. The molecule has 6 nitrogen and oxygen atoms in total. The van der Waals surface area contributed by atoms with Crippen molar-refractivity contribution >= 4 is 54.5 Å². The first kappa shape index (κ1) is 30.2. The van der Waals surface area contributed by atoms with E-state index >= 15 is 0 Å². The second-order valence-corrected chi connectivity index (χ2v) is 13.5. The Bertz CT molecular complexity index is 3210. The van der Waals surface area contributed by atoms with Crippen LogP contribution in [-0.2, 0) is 0 Å². The fourth-order valence-electron chi connectivity index (χ4n) is 7.68. The van der Waals surface area contributed by atoms with Gasteiger partial charge in [0.2, 0.25) is 5.89 Å². The van der Waals surface area contributed by atoms with Crippen LogP contribution in [0.5, 0.6) is 0 Å². The molecule has 0 amide bonds. The summed E-state index contributed by atoms with van der Waals surface area (Å²) < 4.78 is 8.95. The van der Waals surface area contributed by atoms with Gasteiger partial charge in [-0.2, -0.15) is 0 Å². The number of aromatic nitrogens is 5. The minimum absolute atomic E-state index is 0.605. The van der Waals surface area contributed by atoms with Crippen LogP contribution in [0.3, 0.4) is 0 Å². The lowest BCUT2D eigenvalue weighted by molar-refractivity contribution is 0.623. The third-order valence-corrected chi connectivity index (χ3v) is 10.2. The Morgan fingerprint density at radius 3 is 1.74 bits per heavy atom. The average Bonchev–Trinajstić information content (AvgIpc) is 3.84. The van der Waals surface area contributed by atoms with E-state index in [1.165, 1.54) is 5.39 Å². The van der Waals surface area contributed by atoms with E-state index in [1.807, 2.05) is 72.8 Å². The maximum atomic E-state index is 6.62. The Hall–Kier alpha value is -7.44. The fourth-order valence-corrected chi connectivity index (χ4v) is 7.68. The van der Waals surface area contributed by atoms with Crippen molar-refractivity contribution in [2.75, 3.05) is 0 Å². The molecule has 11 rings (SSSR count). The Morgan fingerprint density at radius 2 is 0.981 bits per heavy atom. The summed E-state index contributed by atoms with van der Waals surface area (Å²) in [6, 6.07) is 60.5. The molecule has 252 valence electrons. The van der Waals surface area contributed by atoms with Gasteiger partial charge in [-0.25, -0.2) is 19.9 Å². The van der Waals surface area contributed by atoms with Gasteiger partial charge in [0.05, 0.1) is 11.0 Å². The number of nitrogens with zero attached hydrogens (tertiary/aromatic N) is 5. The SMILES string of the molecule is c1ccc(-c2nc(-c3ccc4ccccc4c3)nc(-c3ccc4c5c6c(ccc7nc(-c8ccccc8)oc76)ccc5n(-c5ccccc5)c4c3)n2)cc1. The highest BCUT2D eigenvalue weighted by atomic mass is 16.3. The van der Waals surface area contributed by atoms with Crippen LogP contribution in [0.2, 0.25) is 0 Å². The van der Waals surface area contributed by atoms with Crippen molar-refractivity contribution in [3.8, 4) is 51.3 Å². The zero-order chi connectivity index (χ0) is 35.6. The Balaban J connectivity index is 1.18. The molecule has 8 aromatic carbocycles. The standard InChI is InChI=1S/C48H29N5O/c1-4-13-32(14-5-1)45-50-46(35-21-20-30-12-10-11-17-34(30)28-35)52-47(51-45)36-22-25-38-41(29-36)53(37-18-8-3-9-19-37)40-27-24-31-23-26-39-44(42(31)43(38)40)54-48(49-39)33-15-6-2-7-16-33/h1-29H. The highest BCUT2D eigenvalue weighted by Crippen LogP contribution is 2.42. The minimum atomic E-state index is 0.605. The Labute approximate surface area is 309 Å². The molecular weight excluding hydrogens is 663 g/mol. The molecule has 0 N–H and O–H groups in total. The Morgan fingerprint density at radius 1 is 0.389 bits per heavy atom. The smallest absolute Gasteiger partial charge is 0.227 e. The van der Waals surface area contributed by atoms with E-state index in [0.717, 1.165) is 77.0 Å². The van der Waals surface area contributed by atoms with Crippen molar-refractivity contribution in [2.24, 2.45) is 0 Å². The molecule has 0 saturated heterocycles. The summed E-state index contributed by atoms with van der Waals surface area (Å²) in [4.78, 5) is 20.2. The quantitative estimate of drug-likeness (QED) is 0.180. The molecule has 0 atom stereocenters. The van der Waals surface area contributed by atoms with Crippen LogP contribution in [0.25, 0.3) is 106 Å². The van der Waals surface area contributed by atoms with Crippen LogP contribution in [0.4, 0.5) is 0 Å². The maximum Gasteiger partial charge on any atom is 0.227 e. The van der Waals surface area contributed by atoms with E-state index in [4.69, 9.17) is 24.4 Å². The van der Waals surface area contributed by atoms with Crippen molar-refractivity contribution in [3.63, 3.8) is 0 Å². The molecule has 0 aliphatic rings. The number of oxazole rings is 1. The van der Waals surface area contributed by atoms with Crippen LogP contribution >= 0.6 is 0 Å². The number of rotatable bonds is 5. The number of para-hydroxylation sites is 1. The molecule has 0 saturated carbocycles. The van der Waals surface area contributed by atoms with Gasteiger partial charge in [0, 0.05) is 44.1 Å². The van der Waals surface area contributed by atoms with Crippen LogP contribution < -0.4 is 0 Å². The number of benzene rings is 8. The molecule has 6 heteroatoms. The van der Waals surface area contributed by atoms with Gasteiger partial charge in [-0.1, -0.05) is 127 Å². The van der Waals surface area contributed by atoms with Crippen molar-refractivity contribution in [1.82, 2.24) is 24.5 Å². The van der Waals surface area contributed by atoms with Gasteiger partial charge in [-0.15, -0.1) is 0 Å². The molecule has 3 heterocycles. The zero-order valence-corrected chi connectivity index (χ0v) is 28.9. The monoisotopic (exact) mass is 691 g/mol. The molecule has 0 unspecified atom stereocenters. The van der Waals surface area contributed by atoms with Crippen molar-refractivity contribution in [2.45, 2.75) is 0 Å². The molecule has 0 spiro atoms. The molecule has 11 aromatic rings. The second-order valence-electron chi connectivity index (χ2n) is 13.5. The van der Waals surface area contributed by atoms with Crippen LogP contribution in [0.15, 0.2) is 180 Å². The van der Waals surface area contributed by atoms with Gasteiger partial charge >= 0.3 is 0 Å². The first-order valence-corrected chi connectivity index (χ1v) is 18.0. The highest BCUT2D eigenvalue weighted by molar-refractivity contribution is 6.27. The number of hydrogen-bond donors (Lipinski definition) is 0. The largest absolute Gasteiger partial charge is 0.435 e. The second kappa shape index (κ2) is 12.1. The predicted molar refractivity (Wildman–Crippen MR) is 218 cm³/mol. The molecule has 0 aliphatic heterocycles. The predicted octanol–water partition coefficient (Wildman–Crippen LogP) is 12.1. The Kier molecular flexibility index (Phi) is 6.75. The molecule has 0 aliphatic carbocycles. The van der Waals surface area contributed by atoms with Crippen LogP contribution in [0.1, 0.15) is 0 Å². The summed E-state index contributed by atoms with van der Waals surface area (Å²) in [5.74, 6) is 2.46. The number of fused-ring (bicyclic) bond motifs is 8. The lowest BCUT2D eigenvalue weighted by Crippen LogP contribution is -2.00. The normalized spacial score (nSPS) is 11.7. The van der Waals surface area contributed by atoms with E-state index in [1.54, 1.807) is 0 Å². The van der Waals surface area contributed by atoms with E-state index in [0.29, 0.717) is 23.4 Å². The summed E-state index contributed by atoms with van der Waals surface area (Å²) in [6.07, 6.45) is 0. The minimum Gasteiger partial charge on any atom is -0.435 e. The van der Waals surface area contributed by atoms with Gasteiger partial charge in [-0.3, -0.25) is 0 Å². The topological polar surface area (TPSA) is 69.6 Å². The summed E-state index contributed by atoms with van der Waals surface area (Å²) in [6.45, 7) is 0. The van der Waals surface area contributed by atoms with E-state index in [9.17, 15) is 0 Å². The van der Waals surface area contributed by atoms with Crippen LogP contribution in [-0.4, -0.2) is 24.5 Å². The average molecular weight is 692 g/mol. The third-order valence-electron chi connectivity index (χ3n) is 10.2. The summed E-state index contributed by atoms with van der Waals surface area (Å²) in [5.41, 5.74) is 8.47. The van der Waals surface area contributed by atoms with Gasteiger partial charge in [0.25, 0.3) is 0 Å². The van der Waals surface area contributed by atoms with Gasteiger partial charge < -0.3 is 8.98 Å². The van der Waals surface area contributed by atoms with Crippen molar-refractivity contribution in [1.29, 1.82) is 0 Å². The van der Waals surface area contributed by atoms with E-state index < -0.39 is 0 Å². The number of hydrogen-bond acceptors (Lipinski definition) is 5. The molecule has 54 heavy (non-hydrogen) atoms. The van der Waals surface area contributed by atoms with Gasteiger partial charge in [0.15, 0.2) is 23.1 Å². The zero-order valence-electron chi connectivity index (χ0n) is 28.9. The maximum absolute atomic E-state index is 6.62. The first-order chi connectivity index (χ1) is 26.7. The van der Waals surface area contributed by atoms with Gasteiger partial charge in [-0.05, 0) is 64.7 Å². The van der Waals surface area contributed by atoms with Crippen molar-refractivity contribution in [3.05, 3.63) is 176 Å². The van der Waals surface area contributed by atoms with E-state index in [2.05, 4.69) is 108 Å². The molecule has 3 aromatic heterocycles. The molecule has 0 fully saturated rings. The molecular formula is C48H29N5O. The van der Waals surface area contributed by atoms with Crippen LogP contribution in [0, 0.1) is 0 Å². The third kappa shape index (κ3) is 4.89. The highest BCUT2D eigenvalue weighted by Gasteiger charge is 2.21. The first-order valence-electron chi connectivity index (χ1n) is 18.0. The van der Waals surface area contributed by atoms with Crippen molar-refractivity contribution < 1.29 is 4.42 Å².